The van der Waals surface area contributed by atoms with Crippen LogP contribution in [-0.4, -0.2) is 30.9 Å². The van der Waals surface area contributed by atoms with Crippen LogP contribution in [0.4, 0.5) is 5.69 Å². The van der Waals surface area contributed by atoms with Gasteiger partial charge in [0.1, 0.15) is 4.88 Å². The molecule has 4 nitrogen and oxygen atoms in total. The number of methoxy groups -OCH3 is 1. The minimum absolute atomic E-state index is 0.0717. The molecule has 98 valence electrons. The van der Waals surface area contributed by atoms with Crippen molar-refractivity contribution in [3.8, 4) is 0 Å². The molecular weight excluding hydrogens is 318 g/mol. The lowest BCUT2D eigenvalue weighted by Gasteiger charge is -2.16. The van der Waals surface area contributed by atoms with E-state index in [1.54, 1.807) is 4.90 Å². The van der Waals surface area contributed by atoms with E-state index in [0.29, 0.717) is 29.4 Å². The normalized spacial score (nSPS) is 19.4. The first-order valence-corrected chi connectivity index (χ1v) is 7.55. The van der Waals surface area contributed by atoms with Gasteiger partial charge in [0, 0.05) is 23.2 Å². The molecule has 1 aromatic heterocycles. The van der Waals surface area contributed by atoms with Crippen molar-refractivity contribution in [3.63, 3.8) is 0 Å². The van der Waals surface area contributed by atoms with Crippen LogP contribution in [0.1, 0.15) is 21.0 Å². The number of alkyl halides is 1. The number of ether oxygens (including phenoxy) is 1. The van der Waals surface area contributed by atoms with E-state index >= 15 is 0 Å². The molecule has 1 amide bonds. The van der Waals surface area contributed by atoms with Gasteiger partial charge in [0.05, 0.1) is 12.8 Å². The van der Waals surface area contributed by atoms with E-state index in [1.807, 2.05) is 13.0 Å². The molecular formula is C12H14BrNO3S. The molecule has 1 saturated heterocycles. The lowest BCUT2D eigenvalue weighted by Crippen LogP contribution is -2.25. The first kappa shape index (κ1) is 13.5. The second-order valence-corrected chi connectivity index (χ2v) is 6.20. The molecule has 2 rings (SSSR count). The number of carbonyl (C=O) groups excluding carboxylic acids is 2. The molecule has 18 heavy (non-hydrogen) atoms. The number of thiophene rings is 1. The largest absolute Gasteiger partial charge is 0.465 e. The fourth-order valence-electron chi connectivity index (χ4n) is 2.06. The van der Waals surface area contributed by atoms with E-state index in [1.165, 1.54) is 18.4 Å². The van der Waals surface area contributed by atoms with Crippen molar-refractivity contribution in [1.29, 1.82) is 0 Å². The second-order valence-electron chi connectivity index (χ2n) is 4.29. The van der Waals surface area contributed by atoms with Crippen LogP contribution in [-0.2, 0) is 9.53 Å². The standard InChI is InChI=1S/C12H14BrNO3S/c1-7-3-9(11(18-7)12(16)17-2)14-6-8(5-13)4-10(14)15/h3,8H,4-6H2,1-2H3. The highest BCUT2D eigenvalue weighted by Crippen LogP contribution is 2.34. The third-order valence-corrected chi connectivity index (χ3v) is 4.86. The zero-order chi connectivity index (χ0) is 13.3. The first-order chi connectivity index (χ1) is 8.56. The smallest absolute Gasteiger partial charge is 0.350 e. The number of esters is 1. The fraction of sp³-hybridized carbons (Fsp3) is 0.500. The van der Waals surface area contributed by atoms with Crippen LogP contribution in [0.2, 0.25) is 0 Å². The van der Waals surface area contributed by atoms with E-state index in [9.17, 15) is 9.59 Å². The molecule has 1 fully saturated rings. The number of anilines is 1. The predicted octanol–water partition coefficient (Wildman–Crippen LogP) is 2.59. The zero-order valence-electron chi connectivity index (χ0n) is 10.2. The van der Waals surface area contributed by atoms with Crippen molar-refractivity contribution in [1.82, 2.24) is 0 Å². The fourth-order valence-corrected chi connectivity index (χ4v) is 3.42. The number of nitrogens with zero attached hydrogens (tertiary/aromatic N) is 1. The lowest BCUT2D eigenvalue weighted by molar-refractivity contribution is -0.117. The van der Waals surface area contributed by atoms with E-state index in [0.717, 1.165) is 10.2 Å². The molecule has 2 heterocycles. The molecule has 0 spiro atoms. The number of amides is 1. The maximum atomic E-state index is 12.0. The Morgan fingerprint density at radius 3 is 2.94 bits per heavy atom. The van der Waals surface area contributed by atoms with Gasteiger partial charge in [-0.3, -0.25) is 4.79 Å². The Balaban J connectivity index is 2.33. The van der Waals surface area contributed by atoms with Gasteiger partial charge in [0.15, 0.2) is 0 Å². The van der Waals surface area contributed by atoms with Crippen LogP contribution in [0.3, 0.4) is 0 Å². The Hall–Kier alpha value is -0.880. The van der Waals surface area contributed by atoms with Crippen LogP contribution < -0.4 is 4.90 Å². The monoisotopic (exact) mass is 331 g/mol. The second kappa shape index (κ2) is 5.40. The maximum Gasteiger partial charge on any atom is 0.350 e. The number of hydrogen-bond acceptors (Lipinski definition) is 4. The number of aryl methyl sites for hydroxylation is 1. The van der Waals surface area contributed by atoms with Crippen LogP contribution in [0.25, 0.3) is 0 Å². The van der Waals surface area contributed by atoms with Gasteiger partial charge in [-0.15, -0.1) is 11.3 Å². The lowest BCUT2D eigenvalue weighted by atomic mass is 10.2. The number of hydrogen-bond donors (Lipinski definition) is 0. The minimum Gasteiger partial charge on any atom is -0.465 e. The molecule has 0 radical (unpaired) electrons. The Labute approximate surface area is 118 Å². The van der Waals surface area contributed by atoms with Gasteiger partial charge in [-0.05, 0) is 18.9 Å². The molecule has 1 atom stereocenters. The molecule has 1 aliphatic rings. The van der Waals surface area contributed by atoms with E-state index < -0.39 is 0 Å². The summed E-state index contributed by atoms with van der Waals surface area (Å²) in [5.74, 6) is 0.00352. The highest BCUT2D eigenvalue weighted by molar-refractivity contribution is 9.09. The van der Waals surface area contributed by atoms with Crippen molar-refractivity contribution in [2.45, 2.75) is 13.3 Å². The summed E-state index contributed by atoms with van der Waals surface area (Å²) in [6, 6.07) is 1.88. The highest BCUT2D eigenvalue weighted by Gasteiger charge is 2.33. The SMILES string of the molecule is COC(=O)c1sc(C)cc1N1CC(CBr)CC1=O. The molecule has 0 aromatic carbocycles. The molecule has 6 heteroatoms. The van der Waals surface area contributed by atoms with Gasteiger partial charge in [0.2, 0.25) is 5.91 Å². The van der Waals surface area contributed by atoms with Crippen molar-refractivity contribution in [2.24, 2.45) is 5.92 Å². The average molecular weight is 332 g/mol. The van der Waals surface area contributed by atoms with E-state index in [4.69, 9.17) is 4.74 Å². The van der Waals surface area contributed by atoms with Gasteiger partial charge >= 0.3 is 5.97 Å². The van der Waals surface area contributed by atoms with E-state index in [2.05, 4.69) is 15.9 Å². The Morgan fingerprint density at radius 2 is 2.39 bits per heavy atom. The topological polar surface area (TPSA) is 46.6 Å². The molecule has 1 aromatic rings. The molecule has 1 aliphatic heterocycles. The molecule has 0 aliphatic carbocycles. The van der Waals surface area contributed by atoms with Gasteiger partial charge < -0.3 is 9.64 Å². The van der Waals surface area contributed by atoms with Gasteiger partial charge in [-0.1, -0.05) is 15.9 Å². The van der Waals surface area contributed by atoms with Crippen molar-refractivity contribution in [2.75, 3.05) is 23.9 Å². The summed E-state index contributed by atoms with van der Waals surface area (Å²) in [7, 11) is 1.36. The minimum atomic E-state index is -0.377. The van der Waals surface area contributed by atoms with Gasteiger partial charge in [-0.2, -0.15) is 0 Å². The molecule has 1 unspecified atom stereocenters. The molecule has 0 N–H and O–H groups in total. The quantitative estimate of drug-likeness (QED) is 0.631. The van der Waals surface area contributed by atoms with Crippen LogP contribution in [0.15, 0.2) is 6.07 Å². The number of carbonyl (C=O) groups is 2. The third-order valence-electron chi connectivity index (χ3n) is 2.92. The summed E-state index contributed by atoms with van der Waals surface area (Å²) >= 11 is 4.77. The van der Waals surface area contributed by atoms with Crippen molar-refractivity contribution < 1.29 is 14.3 Å². The summed E-state index contributed by atoms with van der Waals surface area (Å²) in [5.41, 5.74) is 0.692. The molecule has 0 saturated carbocycles. The van der Waals surface area contributed by atoms with Gasteiger partial charge in [0.25, 0.3) is 0 Å². The summed E-state index contributed by atoms with van der Waals surface area (Å²) in [6.45, 7) is 2.58. The van der Waals surface area contributed by atoms with E-state index in [-0.39, 0.29) is 11.9 Å². The number of rotatable bonds is 3. The van der Waals surface area contributed by atoms with Crippen molar-refractivity contribution in [3.05, 3.63) is 15.8 Å². The Morgan fingerprint density at radius 1 is 1.67 bits per heavy atom. The van der Waals surface area contributed by atoms with Crippen LogP contribution >= 0.6 is 27.3 Å². The maximum absolute atomic E-state index is 12.0. The van der Waals surface area contributed by atoms with Crippen molar-refractivity contribution >= 4 is 44.8 Å². The molecule has 0 bridgehead atoms. The predicted molar refractivity (Wildman–Crippen MR) is 74.6 cm³/mol. The third kappa shape index (κ3) is 2.44. The number of halogens is 1. The van der Waals surface area contributed by atoms with Crippen LogP contribution in [0.5, 0.6) is 0 Å². The Bertz CT molecular complexity index is 486. The first-order valence-electron chi connectivity index (χ1n) is 5.62. The summed E-state index contributed by atoms with van der Waals surface area (Å²) < 4.78 is 4.76. The highest BCUT2D eigenvalue weighted by atomic mass is 79.9. The Kier molecular flexibility index (Phi) is 4.07. The zero-order valence-corrected chi connectivity index (χ0v) is 12.6. The average Bonchev–Trinajstić information content (AvgIpc) is 2.91. The van der Waals surface area contributed by atoms with Crippen LogP contribution in [0, 0.1) is 12.8 Å². The van der Waals surface area contributed by atoms with Gasteiger partial charge in [-0.25, -0.2) is 4.79 Å². The summed E-state index contributed by atoms with van der Waals surface area (Å²) in [4.78, 5) is 26.9. The summed E-state index contributed by atoms with van der Waals surface area (Å²) in [6.07, 6.45) is 0.529. The summed E-state index contributed by atoms with van der Waals surface area (Å²) in [5, 5.41) is 0.798.